The lowest BCUT2D eigenvalue weighted by molar-refractivity contribution is 0.647. The van der Waals surface area contributed by atoms with E-state index in [2.05, 4.69) is 15.6 Å². The van der Waals surface area contributed by atoms with Gasteiger partial charge < -0.3 is 10.6 Å². The molecular formula is C15H25ClIN3OS. The van der Waals surface area contributed by atoms with Gasteiger partial charge in [0.2, 0.25) is 0 Å². The Morgan fingerprint density at radius 3 is 2.45 bits per heavy atom. The number of benzene rings is 1. The van der Waals surface area contributed by atoms with Gasteiger partial charge in [0.25, 0.3) is 0 Å². The van der Waals surface area contributed by atoms with Gasteiger partial charge in [-0.15, -0.1) is 24.0 Å². The summed E-state index contributed by atoms with van der Waals surface area (Å²) < 4.78 is 11.8. The van der Waals surface area contributed by atoms with E-state index in [4.69, 9.17) is 11.6 Å². The molecule has 0 fully saturated rings. The third-order valence-electron chi connectivity index (χ3n) is 2.89. The number of rotatable bonds is 5. The lowest BCUT2D eigenvalue weighted by atomic mass is 10.2. The highest BCUT2D eigenvalue weighted by Crippen LogP contribution is 2.14. The number of nitrogens with zero attached hydrogens (tertiary/aromatic N) is 1. The smallest absolute Gasteiger partial charge is 0.191 e. The minimum absolute atomic E-state index is 0. The lowest BCUT2D eigenvalue weighted by Gasteiger charge is -2.18. The van der Waals surface area contributed by atoms with E-state index in [0.717, 1.165) is 10.6 Å². The largest absolute Gasteiger partial charge is 0.355 e. The Morgan fingerprint density at radius 1 is 1.27 bits per heavy atom. The zero-order valence-corrected chi connectivity index (χ0v) is 17.4. The van der Waals surface area contributed by atoms with E-state index >= 15 is 0 Å². The molecule has 1 atom stereocenters. The molecule has 0 radical (unpaired) electrons. The second-order valence-corrected chi connectivity index (χ2v) is 8.34. The Hall–Kier alpha value is -0.340. The van der Waals surface area contributed by atoms with Crippen molar-refractivity contribution in [2.24, 2.45) is 4.99 Å². The summed E-state index contributed by atoms with van der Waals surface area (Å²) in [5.74, 6) is 1.27. The first-order valence-corrected chi connectivity index (χ1v) is 8.60. The van der Waals surface area contributed by atoms with Crippen molar-refractivity contribution in [2.45, 2.75) is 32.1 Å². The van der Waals surface area contributed by atoms with Crippen LogP contribution in [0.25, 0.3) is 0 Å². The molecule has 1 rings (SSSR count). The molecule has 126 valence electrons. The molecule has 0 amide bonds. The van der Waals surface area contributed by atoms with Gasteiger partial charge in [-0.3, -0.25) is 9.20 Å². The quantitative estimate of drug-likeness (QED) is 0.406. The van der Waals surface area contributed by atoms with Gasteiger partial charge in [-0.1, -0.05) is 29.8 Å². The molecule has 0 spiro atoms. The third kappa shape index (κ3) is 7.78. The van der Waals surface area contributed by atoms with Crippen LogP contribution in [0.1, 0.15) is 26.3 Å². The second kappa shape index (κ2) is 10.4. The van der Waals surface area contributed by atoms with Crippen molar-refractivity contribution in [3.05, 3.63) is 34.9 Å². The Bertz CT molecular complexity index is 518. The maximum Gasteiger partial charge on any atom is 0.191 e. The highest BCUT2D eigenvalue weighted by atomic mass is 127. The van der Waals surface area contributed by atoms with Crippen LogP contribution in [0.4, 0.5) is 0 Å². The predicted octanol–water partition coefficient (Wildman–Crippen LogP) is 3.17. The van der Waals surface area contributed by atoms with Gasteiger partial charge in [-0.25, -0.2) is 0 Å². The molecule has 0 heterocycles. The van der Waals surface area contributed by atoms with Gasteiger partial charge in [0.15, 0.2) is 5.96 Å². The summed E-state index contributed by atoms with van der Waals surface area (Å²) in [6.45, 7) is 7.16. The van der Waals surface area contributed by atoms with E-state index in [1.807, 2.05) is 45.0 Å². The number of halogens is 2. The van der Waals surface area contributed by atoms with Gasteiger partial charge in [0, 0.05) is 46.5 Å². The summed E-state index contributed by atoms with van der Waals surface area (Å²) in [6.07, 6.45) is 0. The van der Waals surface area contributed by atoms with Crippen LogP contribution < -0.4 is 10.6 Å². The van der Waals surface area contributed by atoms with Crippen LogP contribution in [0.3, 0.4) is 0 Å². The van der Waals surface area contributed by atoms with Gasteiger partial charge >= 0.3 is 0 Å². The fraction of sp³-hybridized carbons (Fsp3) is 0.533. The topological polar surface area (TPSA) is 53.5 Å². The van der Waals surface area contributed by atoms with Crippen LogP contribution in [0.5, 0.6) is 0 Å². The van der Waals surface area contributed by atoms with Gasteiger partial charge in [0.1, 0.15) is 0 Å². The standard InChI is InChI=1S/C15H24ClN3OS.HI/c1-15(2,3)21(20)10-9-18-14(17-4)19-11-12-7-5-6-8-13(12)16;/h5-8H,9-11H2,1-4H3,(H2,17,18,19);1H. The number of hydrogen-bond acceptors (Lipinski definition) is 2. The Kier molecular flexibility index (Phi) is 10.3. The molecule has 0 aliphatic carbocycles. The zero-order valence-electron chi connectivity index (χ0n) is 13.5. The highest BCUT2D eigenvalue weighted by Gasteiger charge is 2.18. The van der Waals surface area contributed by atoms with Gasteiger partial charge in [-0.05, 0) is 32.4 Å². The van der Waals surface area contributed by atoms with Crippen LogP contribution in [-0.4, -0.2) is 34.3 Å². The number of aliphatic imine (C=N–C) groups is 1. The molecule has 2 N–H and O–H groups in total. The van der Waals surface area contributed by atoms with Crippen molar-refractivity contribution in [1.82, 2.24) is 10.6 Å². The maximum absolute atomic E-state index is 12.0. The van der Waals surface area contributed by atoms with Crippen LogP contribution in [0, 0.1) is 0 Å². The first kappa shape index (κ1) is 21.7. The molecular weight excluding hydrogens is 433 g/mol. The average Bonchev–Trinajstić information content (AvgIpc) is 2.42. The van der Waals surface area contributed by atoms with E-state index in [1.165, 1.54) is 0 Å². The monoisotopic (exact) mass is 457 g/mol. The summed E-state index contributed by atoms with van der Waals surface area (Å²) in [5.41, 5.74) is 1.01. The normalized spacial score (nSPS) is 13.2. The predicted molar refractivity (Wildman–Crippen MR) is 108 cm³/mol. The second-order valence-electron chi connectivity index (χ2n) is 5.61. The molecule has 0 saturated heterocycles. The molecule has 0 aliphatic heterocycles. The highest BCUT2D eigenvalue weighted by molar-refractivity contribution is 14.0. The van der Waals surface area contributed by atoms with E-state index in [1.54, 1.807) is 7.05 Å². The van der Waals surface area contributed by atoms with Crippen molar-refractivity contribution in [2.75, 3.05) is 19.3 Å². The number of guanidine groups is 1. The summed E-state index contributed by atoms with van der Waals surface area (Å²) in [6, 6.07) is 7.69. The minimum Gasteiger partial charge on any atom is -0.355 e. The summed E-state index contributed by atoms with van der Waals surface area (Å²) >= 11 is 6.11. The molecule has 0 bridgehead atoms. The van der Waals surface area contributed by atoms with Crippen LogP contribution in [-0.2, 0) is 17.3 Å². The molecule has 1 aromatic rings. The molecule has 4 nitrogen and oxygen atoms in total. The Balaban J connectivity index is 0.00000441. The zero-order chi connectivity index (χ0) is 15.9. The Labute approximate surface area is 158 Å². The molecule has 0 saturated carbocycles. The minimum atomic E-state index is -0.866. The van der Waals surface area contributed by atoms with Gasteiger partial charge in [0.05, 0.1) is 0 Å². The molecule has 0 aromatic heterocycles. The lowest BCUT2D eigenvalue weighted by Crippen LogP contribution is -2.40. The Morgan fingerprint density at radius 2 is 1.91 bits per heavy atom. The van der Waals surface area contributed by atoms with Gasteiger partial charge in [-0.2, -0.15) is 0 Å². The molecule has 0 aliphatic rings. The summed E-state index contributed by atoms with van der Waals surface area (Å²) in [4.78, 5) is 4.14. The van der Waals surface area contributed by atoms with Crippen molar-refractivity contribution in [1.29, 1.82) is 0 Å². The van der Waals surface area contributed by atoms with Crippen LogP contribution in [0.15, 0.2) is 29.3 Å². The average molecular weight is 458 g/mol. The van der Waals surface area contributed by atoms with E-state index in [9.17, 15) is 4.21 Å². The van der Waals surface area contributed by atoms with E-state index < -0.39 is 10.8 Å². The molecule has 7 heteroatoms. The summed E-state index contributed by atoms with van der Waals surface area (Å²) in [5, 5.41) is 7.09. The summed E-state index contributed by atoms with van der Waals surface area (Å²) in [7, 11) is 0.845. The van der Waals surface area contributed by atoms with Crippen LogP contribution >= 0.6 is 35.6 Å². The van der Waals surface area contributed by atoms with Crippen LogP contribution in [0.2, 0.25) is 5.02 Å². The molecule has 1 unspecified atom stereocenters. The van der Waals surface area contributed by atoms with Crippen molar-refractivity contribution < 1.29 is 4.21 Å². The number of hydrogen-bond donors (Lipinski definition) is 2. The first-order valence-electron chi connectivity index (χ1n) is 6.91. The van der Waals surface area contributed by atoms with Crippen molar-refractivity contribution in [3.63, 3.8) is 0 Å². The van der Waals surface area contributed by atoms with E-state index in [0.29, 0.717) is 24.8 Å². The fourth-order valence-electron chi connectivity index (χ4n) is 1.61. The SMILES string of the molecule is CN=C(NCCS(=O)C(C)(C)C)NCc1ccccc1Cl.I. The number of nitrogens with one attached hydrogen (secondary N) is 2. The first-order chi connectivity index (χ1) is 9.84. The van der Waals surface area contributed by atoms with Crippen molar-refractivity contribution >= 4 is 52.3 Å². The maximum atomic E-state index is 12.0. The van der Waals surface area contributed by atoms with Crippen molar-refractivity contribution in [3.8, 4) is 0 Å². The fourth-order valence-corrected chi connectivity index (χ4v) is 2.71. The van der Waals surface area contributed by atoms with E-state index in [-0.39, 0.29) is 28.7 Å². The molecule has 22 heavy (non-hydrogen) atoms. The third-order valence-corrected chi connectivity index (χ3v) is 5.20. The molecule has 1 aromatic carbocycles.